The SMILES string of the molecule is COc1ccc(CC2CCN(C(=O)CCc3n[nH]c(=O)[nH]3)C2)cc1. The molecule has 7 heteroatoms. The van der Waals surface area contributed by atoms with Gasteiger partial charge in [0.1, 0.15) is 11.6 Å². The lowest BCUT2D eigenvalue weighted by molar-refractivity contribution is -0.130. The number of likely N-dealkylation sites (tertiary alicyclic amines) is 1. The summed E-state index contributed by atoms with van der Waals surface area (Å²) < 4.78 is 5.17. The van der Waals surface area contributed by atoms with E-state index >= 15 is 0 Å². The molecule has 24 heavy (non-hydrogen) atoms. The molecule has 0 aliphatic carbocycles. The van der Waals surface area contributed by atoms with Gasteiger partial charge in [-0.05, 0) is 36.5 Å². The summed E-state index contributed by atoms with van der Waals surface area (Å²) in [5.74, 6) is 2.00. The van der Waals surface area contributed by atoms with Gasteiger partial charge < -0.3 is 9.64 Å². The minimum atomic E-state index is -0.335. The van der Waals surface area contributed by atoms with Crippen LogP contribution in [0, 0.1) is 5.92 Å². The molecule has 3 rings (SSSR count). The predicted octanol–water partition coefficient (Wildman–Crippen LogP) is 1.13. The molecular weight excluding hydrogens is 308 g/mol. The van der Waals surface area contributed by atoms with E-state index in [1.165, 1.54) is 5.56 Å². The number of aryl methyl sites for hydroxylation is 1. The molecule has 1 aromatic carbocycles. The van der Waals surface area contributed by atoms with Crippen LogP contribution in [-0.2, 0) is 17.6 Å². The van der Waals surface area contributed by atoms with Crippen molar-refractivity contribution in [3.63, 3.8) is 0 Å². The van der Waals surface area contributed by atoms with Crippen LogP contribution in [0.3, 0.4) is 0 Å². The number of H-pyrrole nitrogens is 2. The lowest BCUT2D eigenvalue weighted by Gasteiger charge is -2.16. The van der Waals surface area contributed by atoms with Crippen LogP contribution in [0.15, 0.2) is 29.1 Å². The summed E-state index contributed by atoms with van der Waals surface area (Å²) in [6, 6.07) is 8.10. The zero-order chi connectivity index (χ0) is 16.9. The van der Waals surface area contributed by atoms with Crippen LogP contribution in [0.2, 0.25) is 0 Å². The average Bonchev–Trinajstić information content (AvgIpc) is 3.22. The first-order chi connectivity index (χ1) is 11.6. The van der Waals surface area contributed by atoms with Crippen molar-refractivity contribution in [3.05, 3.63) is 46.1 Å². The van der Waals surface area contributed by atoms with Crippen LogP contribution in [0.4, 0.5) is 0 Å². The summed E-state index contributed by atoms with van der Waals surface area (Å²) in [7, 11) is 1.66. The molecule has 1 saturated heterocycles. The topological polar surface area (TPSA) is 91.1 Å². The Hall–Kier alpha value is -2.57. The summed E-state index contributed by atoms with van der Waals surface area (Å²) >= 11 is 0. The average molecular weight is 330 g/mol. The third-order valence-corrected chi connectivity index (χ3v) is 4.45. The summed E-state index contributed by atoms with van der Waals surface area (Å²) in [5, 5.41) is 6.13. The number of methoxy groups -OCH3 is 1. The molecular formula is C17H22N4O3. The summed E-state index contributed by atoms with van der Waals surface area (Å²) in [6.45, 7) is 1.60. The van der Waals surface area contributed by atoms with Gasteiger partial charge in [0.25, 0.3) is 0 Å². The van der Waals surface area contributed by atoms with Gasteiger partial charge in [0, 0.05) is 25.9 Å². The zero-order valence-corrected chi connectivity index (χ0v) is 13.7. The first kappa shape index (κ1) is 16.3. The molecule has 1 aliphatic rings. The number of aromatic amines is 2. The predicted molar refractivity (Wildman–Crippen MR) is 88.9 cm³/mol. The van der Waals surface area contributed by atoms with E-state index in [-0.39, 0.29) is 11.6 Å². The minimum absolute atomic E-state index is 0.121. The smallest absolute Gasteiger partial charge is 0.340 e. The Morgan fingerprint density at radius 2 is 2.17 bits per heavy atom. The van der Waals surface area contributed by atoms with E-state index < -0.39 is 0 Å². The van der Waals surface area contributed by atoms with E-state index in [0.717, 1.165) is 31.7 Å². The quantitative estimate of drug-likeness (QED) is 0.831. The molecule has 2 N–H and O–H groups in total. The van der Waals surface area contributed by atoms with Crippen molar-refractivity contribution in [2.45, 2.75) is 25.7 Å². The molecule has 0 bridgehead atoms. The Bertz CT molecular complexity index is 735. The minimum Gasteiger partial charge on any atom is -0.497 e. The number of benzene rings is 1. The Morgan fingerprint density at radius 3 is 2.83 bits per heavy atom. The maximum atomic E-state index is 12.3. The number of hydrogen-bond acceptors (Lipinski definition) is 4. The largest absolute Gasteiger partial charge is 0.497 e. The number of carbonyl (C=O) groups is 1. The Kier molecular flexibility index (Phi) is 4.98. The molecule has 1 amide bonds. The van der Waals surface area contributed by atoms with E-state index in [2.05, 4.69) is 27.3 Å². The fourth-order valence-corrected chi connectivity index (χ4v) is 3.13. The Labute approximate surface area is 140 Å². The maximum Gasteiger partial charge on any atom is 0.340 e. The zero-order valence-electron chi connectivity index (χ0n) is 13.7. The van der Waals surface area contributed by atoms with E-state index in [0.29, 0.717) is 24.6 Å². The number of hydrogen-bond donors (Lipinski definition) is 2. The Morgan fingerprint density at radius 1 is 1.38 bits per heavy atom. The van der Waals surface area contributed by atoms with Crippen molar-refractivity contribution in [1.82, 2.24) is 20.1 Å². The first-order valence-corrected chi connectivity index (χ1v) is 8.18. The third kappa shape index (κ3) is 4.04. The van der Waals surface area contributed by atoms with Crippen molar-refractivity contribution in [2.75, 3.05) is 20.2 Å². The highest BCUT2D eigenvalue weighted by Gasteiger charge is 2.26. The van der Waals surface area contributed by atoms with Gasteiger partial charge in [0.2, 0.25) is 5.91 Å². The number of nitrogens with one attached hydrogen (secondary N) is 2. The first-order valence-electron chi connectivity index (χ1n) is 8.18. The number of ether oxygens (including phenoxy) is 1. The van der Waals surface area contributed by atoms with E-state index in [9.17, 15) is 9.59 Å². The van der Waals surface area contributed by atoms with Gasteiger partial charge in [0.05, 0.1) is 7.11 Å². The fourth-order valence-electron chi connectivity index (χ4n) is 3.13. The molecule has 1 fully saturated rings. The van der Waals surface area contributed by atoms with Crippen LogP contribution in [0.5, 0.6) is 5.75 Å². The Balaban J connectivity index is 1.47. The molecule has 1 aromatic heterocycles. The van der Waals surface area contributed by atoms with Gasteiger partial charge in [-0.25, -0.2) is 9.89 Å². The second kappa shape index (κ2) is 7.33. The van der Waals surface area contributed by atoms with Crippen molar-refractivity contribution >= 4 is 5.91 Å². The van der Waals surface area contributed by atoms with Gasteiger partial charge in [-0.2, -0.15) is 5.10 Å². The van der Waals surface area contributed by atoms with Crippen LogP contribution in [0.1, 0.15) is 24.2 Å². The van der Waals surface area contributed by atoms with Gasteiger partial charge in [-0.3, -0.25) is 9.78 Å². The maximum absolute atomic E-state index is 12.3. The normalized spacial score (nSPS) is 17.2. The number of nitrogens with zero attached hydrogens (tertiary/aromatic N) is 2. The summed E-state index contributed by atoms with van der Waals surface area (Å²) in [5.41, 5.74) is 0.933. The number of rotatable bonds is 6. The van der Waals surface area contributed by atoms with Crippen LogP contribution in [0.25, 0.3) is 0 Å². The van der Waals surface area contributed by atoms with Crippen molar-refractivity contribution in [2.24, 2.45) is 5.92 Å². The summed E-state index contributed by atoms with van der Waals surface area (Å²) in [6.07, 6.45) is 2.82. The molecule has 0 spiro atoms. The molecule has 0 saturated carbocycles. The van der Waals surface area contributed by atoms with Crippen LogP contribution >= 0.6 is 0 Å². The van der Waals surface area contributed by atoms with Gasteiger partial charge >= 0.3 is 5.69 Å². The van der Waals surface area contributed by atoms with Crippen molar-refractivity contribution in [1.29, 1.82) is 0 Å². The van der Waals surface area contributed by atoms with Gasteiger partial charge in [-0.15, -0.1) is 0 Å². The molecule has 1 aliphatic heterocycles. The molecule has 1 atom stereocenters. The molecule has 2 aromatic rings. The van der Waals surface area contributed by atoms with Crippen molar-refractivity contribution in [3.8, 4) is 5.75 Å². The van der Waals surface area contributed by atoms with Crippen molar-refractivity contribution < 1.29 is 9.53 Å². The molecule has 2 heterocycles. The monoisotopic (exact) mass is 330 g/mol. The molecule has 1 unspecified atom stereocenters. The molecule has 128 valence electrons. The van der Waals surface area contributed by atoms with E-state index in [1.54, 1.807) is 7.11 Å². The highest BCUT2D eigenvalue weighted by molar-refractivity contribution is 5.76. The summed E-state index contributed by atoms with van der Waals surface area (Å²) in [4.78, 5) is 27.7. The fraction of sp³-hybridized carbons (Fsp3) is 0.471. The van der Waals surface area contributed by atoms with E-state index in [1.807, 2.05) is 17.0 Å². The highest BCUT2D eigenvalue weighted by Crippen LogP contribution is 2.22. The second-order valence-electron chi connectivity index (χ2n) is 6.17. The van der Waals surface area contributed by atoms with Crippen LogP contribution < -0.4 is 10.4 Å². The third-order valence-electron chi connectivity index (χ3n) is 4.45. The second-order valence-corrected chi connectivity index (χ2v) is 6.17. The lowest BCUT2D eigenvalue weighted by Crippen LogP contribution is -2.29. The van der Waals surface area contributed by atoms with Gasteiger partial charge in [0.15, 0.2) is 0 Å². The number of carbonyl (C=O) groups excluding carboxylic acids is 1. The molecule has 0 radical (unpaired) electrons. The van der Waals surface area contributed by atoms with Crippen LogP contribution in [-0.4, -0.2) is 46.2 Å². The standard InChI is InChI=1S/C17H22N4O3/c1-24-14-4-2-12(3-5-14)10-13-8-9-21(11-13)16(22)7-6-15-18-17(23)20-19-15/h2-5,13H,6-11H2,1H3,(H2,18,19,20,23). The van der Waals surface area contributed by atoms with Gasteiger partial charge in [-0.1, -0.05) is 12.1 Å². The molecule has 7 nitrogen and oxygen atoms in total. The number of aromatic nitrogens is 3. The lowest BCUT2D eigenvalue weighted by atomic mass is 9.99. The highest BCUT2D eigenvalue weighted by atomic mass is 16.5. The van der Waals surface area contributed by atoms with E-state index in [4.69, 9.17) is 4.74 Å². The number of amides is 1.